The normalized spacial score (nSPS) is 12.1. The molecule has 0 bridgehead atoms. The number of hydrogen-bond acceptors (Lipinski definition) is 3. The van der Waals surface area contributed by atoms with Gasteiger partial charge in [0.05, 0.1) is 5.56 Å². The highest BCUT2D eigenvalue weighted by atomic mass is 79.9. The third kappa shape index (κ3) is 2.59. The molecule has 1 atom stereocenters. The minimum Gasteiger partial charge on any atom is -0.479 e. The number of halogens is 1. The Balaban J connectivity index is 3.31. The van der Waals surface area contributed by atoms with Gasteiger partial charge in [0.1, 0.15) is 0 Å². The summed E-state index contributed by atoms with van der Waals surface area (Å²) in [5.41, 5.74) is 0.0225. The van der Waals surface area contributed by atoms with Crippen LogP contribution in [0.25, 0.3) is 0 Å². The van der Waals surface area contributed by atoms with E-state index in [1.807, 2.05) is 0 Å². The fourth-order valence-corrected chi connectivity index (χ4v) is 1.66. The van der Waals surface area contributed by atoms with E-state index in [-0.39, 0.29) is 11.1 Å². The van der Waals surface area contributed by atoms with Crippen molar-refractivity contribution in [1.82, 2.24) is 0 Å². The number of methoxy groups -OCH3 is 1. The summed E-state index contributed by atoms with van der Waals surface area (Å²) in [6.07, 6.45) is -1.28. The monoisotopic (exact) mass is 288 g/mol. The molecule has 2 N–H and O–H groups in total. The van der Waals surface area contributed by atoms with E-state index in [0.717, 1.165) is 0 Å². The van der Waals surface area contributed by atoms with Crippen LogP contribution in [-0.4, -0.2) is 29.3 Å². The average molecular weight is 289 g/mol. The topological polar surface area (TPSA) is 83.8 Å². The van der Waals surface area contributed by atoms with Crippen LogP contribution in [0.3, 0.4) is 0 Å². The molecule has 0 saturated carbocycles. The predicted molar refractivity (Wildman–Crippen MR) is 58.5 cm³/mol. The first-order valence-corrected chi connectivity index (χ1v) is 5.05. The lowest BCUT2D eigenvalue weighted by Crippen LogP contribution is -2.17. The van der Waals surface area contributed by atoms with Crippen molar-refractivity contribution in [2.24, 2.45) is 0 Å². The number of aromatic carboxylic acids is 1. The fraction of sp³-hybridized carbons (Fsp3) is 0.200. The molecule has 1 rings (SSSR count). The van der Waals surface area contributed by atoms with Gasteiger partial charge in [-0.25, -0.2) is 9.59 Å². The van der Waals surface area contributed by atoms with Gasteiger partial charge in [-0.15, -0.1) is 0 Å². The van der Waals surface area contributed by atoms with Gasteiger partial charge in [-0.1, -0.05) is 22.0 Å². The number of benzene rings is 1. The Kier molecular flexibility index (Phi) is 4.03. The van der Waals surface area contributed by atoms with Gasteiger partial charge >= 0.3 is 11.9 Å². The molecule has 6 heteroatoms. The molecule has 1 aromatic carbocycles. The van der Waals surface area contributed by atoms with Gasteiger partial charge < -0.3 is 14.9 Å². The highest BCUT2D eigenvalue weighted by molar-refractivity contribution is 9.10. The fourth-order valence-electron chi connectivity index (χ4n) is 1.30. The summed E-state index contributed by atoms with van der Waals surface area (Å²) in [4.78, 5) is 21.8. The molecule has 5 nitrogen and oxygen atoms in total. The molecule has 0 heterocycles. The third-order valence-electron chi connectivity index (χ3n) is 1.99. The molecule has 1 unspecified atom stereocenters. The van der Waals surface area contributed by atoms with Crippen LogP contribution in [0.1, 0.15) is 22.0 Å². The van der Waals surface area contributed by atoms with Crippen molar-refractivity contribution in [3.63, 3.8) is 0 Å². The van der Waals surface area contributed by atoms with Gasteiger partial charge in [-0.05, 0) is 12.1 Å². The van der Waals surface area contributed by atoms with Crippen LogP contribution in [0.5, 0.6) is 0 Å². The molecular weight excluding hydrogens is 280 g/mol. The molecule has 16 heavy (non-hydrogen) atoms. The maximum atomic E-state index is 10.9. The molecule has 0 aliphatic carbocycles. The van der Waals surface area contributed by atoms with Crippen LogP contribution >= 0.6 is 15.9 Å². The SMILES string of the molecule is COC(C(=O)O)c1ccc(Br)cc1C(=O)O. The lowest BCUT2D eigenvalue weighted by molar-refractivity contribution is -0.148. The smallest absolute Gasteiger partial charge is 0.337 e. The number of aliphatic carboxylic acids is 1. The van der Waals surface area contributed by atoms with E-state index in [0.29, 0.717) is 4.47 Å². The summed E-state index contributed by atoms with van der Waals surface area (Å²) in [5.74, 6) is -2.42. The van der Waals surface area contributed by atoms with Crippen molar-refractivity contribution in [3.8, 4) is 0 Å². The van der Waals surface area contributed by atoms with Crippen molar-refractivity contribution in [1.29, 1.82) is 0 Å². The van der Waals surface area contributed by atoms with Crippen molar-refractivity contribution in [2.75, 3.05) is 7.11 Å². The van der Waals surface area contributed by atoms with E-state index in [1.54, 1.807) is 6.07 Å². The maximum Gasteiger partial charge on any atom is 0.337 e. The van der Waals surface area contributed by atoms with Crippen LogP contribution in [0, 0.1) is 0 Å². The minimum atomic E-state index is -1.28. The molecule has 0 aromatic heterocycles. The Labute approximate surface area is 99.8 Å². The number of carbonyl (C=O) groups is 2. The predicted octanol–water partition coefficient (Wildman–Crippen LogP) is 1.92. The third-order valence-corrected chi connectivity index (χ3v) is 2.48. The molecule has 0 spiro atoms. The Bertz CT molecular complexity index is 429. The highest BCUT2D eigenvalue weighted by Crippen LogP contribution is 2.24. The number of rotatable bonds is 4. The Morgan fingerprint density at radius 2 is 2.00 bits per heavy atom. The molecule has 86 valence electrons. The van der Waals surface area contributed by atoms with Gasteiger partial charge in [0.2, 0.25) is 0 Å². The summed E-state index contributed by atoms with van der Waals surface area (Å²) in [6, 6.07) is 4.32. The van der Waals surface area contributed by atoms with Crippen LogP contribution < -0.4 is 0 Å². The van der Waals surface area contributed by atoms with Crippen molar-refractivity contribution in [3.05, 3.63) is 33.8 Å². The van der Waals surface area contributed by atoms with Gasteiger partial charge in [0.25, 0.3) is 0 Å². The largest absolute Gasteiger partial charge is 0.479 e. The van der Waals surface area contributed by atoms with Crippen molar-refractivity contribution in [2.45, 2.75) is 6.10 Å². The second kappa shape index (κ2) is 5.09. The van der Waals surface area contributed by atoms with E-state index in [1.165, 1.54) is 19.2 Å². The van der Waals surface area contributed by atoms with E-state index in [4.69, 9.17) is 14.9 Å². The van der Waals surface area contributed by atoms with Crippen LogP contribution in [-0.2, 0) is 9.53 Å². The number of carboxylic acids is 2. The van der Waals surface area contributed by atoms with Gasteiger partial charge in [0, 0.05) is 17.1 Å². The number of hydrogen-bond donors (Lipinski definition) is 2. The summed E-state index contributed by atoms with van der Waals surface area (Å²) in [5, 5.41) is 17.8. The Morgan fingerprint density at radius 3 is 2.44 bits per heavy atom. The summed E-state index contributed by atoms with van der Waals surface area (Å²) < 4.78 is 5.31. The number of ether oxygens (including phenoxy) is 1. The van der Waals surface area contributed by atoms with E-state index in [9.17, 15) is 9.59 Å². The summed E-state index contributed by atoms with van der Waals surface area (Å²) >= 11 is 3.12. The first-order valence-electron chi connectivity index (χ1n) is 4.25. The van der Waals surface area contributed by atoms with E-state index in [2.05, 4.69) is 15.9 Å². The number of carboxylic acid groups (broad SMARTS) is 2. The molecule has 0 radical (unpaired) electrons. The molecule has 0 saturated heterocycles. The summed E-state index contributed by atoms with van der Waals surface area (Å²) in [6.45, 7) is 0. The van der Waals surface area contributed by atoms with Gasteiger partial charge in [-0.3, -0.25) is 0 Å². The molecule has 1 aromatic rings. The molecule has 0 fully saturated rings. The minimum absolute atomic E-state index is 0.0939. The lowest BCUT2D eigenvalue weighted by atomic mass is 10.0. The quantitative estimate of drug-likeness (QED) is 0.884. The van der Waals surface area contributed by atoms with Crippen LogP contribution in [0.2, 0.25) is 0 Å². The van der Waals surface area contributed by atoms with Gasteiger partial charge in [0.15, 0.2) is 6.10 Å². The first kappa shape index (κ1) is 12.7. The lowest BCUT2D eigenvalue weighted by Gasteiger charge is -2.13. The second-order valence-electron chi connectivity index (χ2n) is 2.99. The molecule has 0 amide bonds. The highest BCUT2D eigenvalue weighted by Gasteiger charge is 2.24. The van der Waals surface area contributed by atoms with E-state index >= 15 is 0 Å². The molecular formula is C10H9BrO5. The van der Waals surface area contributed by atoms with Crippen LogP contribution in [0.4, 0.5) is 0 Å². The standard InChI is InChI=1S/C10H9BrO5/c1-16-8(10(14)15)6-3-2-5(11)4-7(6)9(12)13/h2-4,8H,1H3,(H,12,13)(H,14,15). The van der Waals surface area contributed by atoms with Gasteiger partial charge in [-0.2, -0.15) is 0 Å². The van der Waals surface area contributed by atoms with E-state index < -0.39 is 18.0 Å². The maximum absolute atomic E-state index is 10.9. The average Bonchev–Trinajstić information content (AvgIpc) is 2.20. The van der Waals surface area contributed by atoms with Crippen LogP contribution in [0.15, 0.2) is 22.7 Å². The van der Waals surface area contributed by atoms with Crippen molar-refractivity contribution < 1.29 is 24.5 Å². The molecule has 0 aliphatic rings. The Morgan fingerprint density at radius 1 is 1.38 bits per heavy atom. The first-order chi connectivity index (χ1) is 7.47. The zero-order chi connectivity index (χ0) is 12.3. The zero-order valence-electron chi connectivity index (χ0n) is 8.31. The zero-order valence-corrected chi connectivity index (χ0v) is 9.89. The second-order valence-corrected chi connectivity index (χ2v) is 3.91. The van der Waals surface area contributed by atoms with Crippen molar-refractivity contribution >= 4 is 27.9 Å². The summed E-state index contributed by atoms with van der Waals surface area (Å²) in [7, 11) is 1.21. The Hall–Kier alpha value is -1.40. The molecule has 0 aliphatic heterocycles.